The van der Waals surface area contributed by atoms with E-state index in [4.69, 9.17) is 23.2 Å². The van der Waals surface area contributed by atoms with E-state index in [-0.39, 0.29) is 28.3 Å². The summed E-state index contributed by atoms with van der Waals surface area (Å²) in [6.07, 6.45) is 4.02. The van der Waals surface area contributed by atoms with Crippen LogP contribution in [0.1, 0.15) is 31.2 Å². The topological polar surface area (TPSA) is 66.9 Å². The third-order valence-corrected chi connectivity index (χ3v) is 6.67. The highest BCUT2D eigenvalue weighted by molar-refractivity contribution is 7.88. The van der Waals surface area contributed by atoms with Crippen LogP contribution in [0.4, 0.5) is 13.2 Å². The van der Waals surface area contributed by atoms with Crippen LogP contribution in [0.15, 0.2) is 12.1 Å². The first-order valence-corrected chi connectivity index (χ1v) is 11.2. The maximum Gasteiger partial charge on any atom is 0.534 e. The van der Waals surface area contributed by atoms with Crippen LogP contribution in [0, 0.1) is 5.92 Å². The Morgan fingerprint density at radius 2 is 1.66 bits per heavy atom. The molecule has 0 saturated carbocycles. The van der Waals surface area contributed by atoms with Crippen LogP contribution in [-0.4, -0.2) is 49.5 Å². The fourth-order valence-electron chi connectivity index (χ4n) is 3.55. The van der Waals surface area contributed by atoms with Gasteiger partial charge in [0.25, 0.3) is 0 Å². The van der Waals surface area contributed by atoms with Gasteiger partial charge in [-0.25, -0.2) is 5.01 Å². The SMILES string of the molecule is O=C1C(Cc2c(Cl)cc(OS(=O)(=O)C(F)(F)F)cc2Cl)CCN1N1CCCCC1. The first-order valence-electron chi connectivity index (χ1n) is 9.04. The molecule has 1 atom stereocenters. The molecule has 0 bridgehead atoms. The summed E-state index contributed by atoms with van der Waals surface area (Å²) in [7, 11) is -5.83. The number of rotatable bonds is 5. The molecule has 0 radical (unpaired) electrons. The first-order chi connectivity index (χ1) is 13.5. The van der Waals surface area contributed by atoms with Gasteiger partial charge >= 0.3 is 15.6 Å². The molecule has 2 aliphatic heterocycles. The van der Waals surface area contributed by atoms with E-state index in [9.17, 15) is 26.4 Å². The van der Waals surface area contributed by atoms with E-state index in [1.165, 1.54) is 0 Å². The molecule has 2 heterocycles. The third kappa shape index (κ3) is 4.92. The Balaban J connectivity index is 1.73. The highest BCUT2D eigenvalue weighted by Crippen LogP contribution is 2.36. The standard InChI is InChI=1S/C17H19Cl2F3N2O4S/c18-14-9-12(28-29(26,27)17(20,21)22)10-15(19)13(14)8-11-4-7-24(16(11)25)23-5-2-1-3-6-23/h9-11H,1-8H2. The van der Waals surface area contributed by atoms with E-state index in [1.54, 1.807) is 5.01 Å². The summed E-state index contributed by atoms with van der Waals surface area (Å²) in [6, 6.07) is 1.90. The molecule has 0 aliphatic carbocycles. The van der Waals surface area contributed by atoms with Gasteiger partial charge in [-0.15, -0.1) is 0 Å². The number of halogens is 5. The van der Waals surface area contributed by atoms with Crippen molar-refractivity contribution in [2.45, 2.75) is 37.6 Å². The van der Waals surface area contributed by atoms with Crippen LogP contribution in [0.5, 0.6) is 5.75 Å². The molecule has 12 heteroatoms. The lowest BCUT2D eigenvalue weighted by atomic mass is 9.98. The summed E-state index contributed by atoms with van der Waals surface area (Å²) in [6.45, 7) is 2.25. The molecule has 6 nitrogen and oxygen atoms in total. The van der Waals surface area contributed by atoms with Crippen LogP contribution >= 0.6 is 23.2 Å². The fraction of sp³-hybridized carbons (Fsp3) is 0.588. The van der Waals surface area contributed by atoms with Crippen molar-refractivity contribution in [1.29, 1.82) is 0 Å². The van der Waals surface area contributed by atoms with Crippen LogP contribution in [0.3, 0.4) is 0 Å². The number of carbonyl (C=O) groups is 1. The van der Waals surface area contributed by atoms with Crippen molar-refractivity contribution < 1.29 is 30.6 Å². The zero-order valence-electron chi connectivity index (χ0n) is 15.2. The van der Waals surface area contributed by atoms with Gasteiger partial charge in [-0.1, -0.05) is 29.6 Å². The van der Waals surface area contributed by atoms with Crippen LogP contribution in [-0.2, 0) is 21.3 Å². The van der Waals surface area contributed by atoms with Crippen molar-refractivity contribution in [3.05, 3.63) is 27.7 Å². The maximum atomic E-state index is 12.8. The number of benzene rings is 1. The summed E-state index contributed by atoms with van der Waals surface area (Å²) in [5.41, 5.74) is -5.21. The molecular formula is C17H19Cl2F3N2O4S. The van der Waals surface area contributed by atoms with Crippen molar-refractivity contribution in [2.24, 2.45) is 5.92 Å². The van der Waals surface area contributed by atoms with E-state index in [0.717, 1.165) is 44.5 Å². The Morgan fingerprint density at radius 3 is 2.21 bits per heavy atom. The molecule has 2 aliphatic rings. The van der Waals surface area contributed by atoms with E-state index >= 15 is 0 Å². The minimum absolute atomic E-state index is 0.0426. The zero-order chi connectivity index (χ0) is 21.4. The average Bonchev–Trinajstić information content (AvgIpc) is 2.98. The van der Waals surface area contributed by atoms with Gasteiger partial charge in [0.2, 0.25) is 5.91 Å². The fourth-order valence-corrected chi connectivity index (χ4v) is 4.62. The zero-order valence-corrected chi connectivity index (χ0v) is 17.5. The van der Waals surface area contributed by atoms with Crippen molar-refractivity contribution >= 4 is 39.2 Å². The normalized spacial score (nSPS) is 21.6. The molecule has 2 fully saturated rings. The van der Waals surface area contributed by atoms with Crippen molar-refractivity contribution in [3.8, 4) is 5.75 Å². The number of piperidine rings is 1. The first kappa shape index (κ1) is 22.5. The minimum atomic E-state index is -5.83. The number of hydrazine groups is 1. The molecule has 29 heavy (non-hydrogen) atoms. The van der Waals surface area contributed by atoms with Gasteiger partial charge in [-0.3, -0.25) is 9.80 Å². The van der Waals surface area contributed by atoms with Crippen LogP contribution < -0.4 is 4.18 Å². The number of alkyl halides is 3. The molecule has 0 spiro atoms. The molecule has 1 aromatic rings. The van der Waals surface area contributed by atoms with Crippen molar-refractivity contribution in [3.63, 3.8) is 0 Å². The molecular weight excluding hydrogens is 456 g/mol. The summed E-state index contributed by atoms with van der Waals surface area (Å²) in [5.74, 6) is -1.05. The highest BCUT2D eigenvalue weighted by atomic mass is 35.5. The molecule has 162 valence electrons. The van der Waals surface area contributed by atoms with Gasteiger partial charge < -0.3 is 4.18 Å². The Morgan fingerprint density at radius 1 is 1.07 bits per heavy atom. The van der Waals surface area contributed by atoms with Crippen LogP contribution in [0.25, 0.3) is 0 Å². The van der Waals surface area contributed by atoms with Gasteiger partial charge in [-0.2, -0.15) is 21.6 Å². The van der Waals surface area contributed by atoms with Crippen molar-refractivity contribution in [1.82, 2.24) is 10.0 Å². The third-order valence-electron chi connectivity index (χ3n) is 5.02. The molecule has 1 aromatic carbocycles. The largest absolute Gasteiger partial charge is 0.534 e. The average molecular weight is 475 g/mol. The van der Waals surface area contributed by atoms with Gasteiger partial charge in [0.05, 0.1) is 0 Å². The number of hydrogen-bond donors (Lipinski definition) is 0. The summed E-state index contributed by atoms with van der Waals surface area (Å²) >= 11 is 12.2. The molecule has 3 rings (SSSR count). The van der Waals surface area contributed by atoms with E-state index in [0.29, 0.717) is 18.5 Å². The quantitative estimate of drug-likeness (QED) is 0.476. The van der Waals surface area contributed by atoms with Gasteiger partial charge in [0.1, 0.15) is 5.75 Å². The Labute approximate surface area is 176 Å². The Kier molecular flexibility index (Phi) is 6.57. The second-order valence-corrected chi connectivity index (χ2v) is 9.37. The molecule has 1 unspecified atom stereocenters. The predicted molar refractivity (Wildman–Crippen MR) is 101 cm³/mol. The lowest BCUT2D eigenvalue weighted by Crippen LogP contribution is -2.47. The van der Waals surface area contributed by atoms with Crippen molar-refractivity contribution in [2.75, 3.05) is 19.6 Å². The van der Waals surface area contributed by atoms with Gasteiger partial charge in [0.15, 0.2) is 0 Å². The number of carbonyl (C=O) groups excluding carboxylic acids is 1. The second-order valence-electron chi connectivity index (χ2n) is 7.01. The maximum absolute atomic E-state index is 12.8. The van der Waals surface area contributed by atoms with E-state index < -0.39 is 21.4 Å². The minimum Gasteiger partial charge on any atom is -0.376 e. The highest BCUT2D eigenvalue weighted by Gasteiger charge is 2.48. The molecule has 0 aromatic heterocycles. The Hall–Kier alpha value is -1.23. The second kappa shape index (κ2) is 8.49. The molecule has 1 amide bonds. The lowest BCUT2D eigenvalue weighted by Gasteiger charge is -2.34. The van der Waals surface area contributed by atoms with Gasteiger partial charge in [-0.05, 0) is 31.2 Å². The summed E-state index contributed by atoms with van der Waals surface area (Å²) < 4.78 is 63.8. The molecule has 2 saturated heterocycles. The van der Waals surface area contributed by atoms with Crippen LogP contribution in [0.2, 0.25) is 10.0 Å². The number of nitrogens with zero attached hydrogens (tertiary/aromatic N) is 2. The lowest BCUT2D eigenvalue weighted by molar-refractivity contribution is -0.147. The van der Waals surface area contributed by atoms with E-state index in [1.807, 2.05) is 5.01 Å². The molecule has 0 N–H and O–H groups in total. The Bertz CT molecular complexity index is 866. The smallest absolute Gasteiger partial charge is 0.376 e. The monoisotopic (exact) mass is 474 g/mol. The number of amides is 1. The number of hydrogen-bond acceptors (Lipinski definition) is 5. The summed E-state index contributed by atoms with van der Waals surface area (Å²) in [5, 5.41) is 3.68. The summed E-state index contributed by atoms with van der Waals surface area (Å²) in [4.78, 5) is 12.8. The van der Waals surface area contributed by atoms with E-state index in [2.05, 4.69) is 4.18 Å². The van der Waals surface area contributed by atoms with Gasteiger partial charge in [0, 0.05) is 47.7 Å². The predicted octanol–water partition coefficient (Wildman–Crippen LogP) is 4.01.